The maximum atomic E-state index is 11.5. The van der Waals surface area contributed by atoms with Gasteiger partial charge in [0.2, 0.25) is 11.0 Å². The van der Waals surface area contributed by atoms with E-state index in [2.05, 4.69) is 20.0 Å². The summed E-state index contributed by atoms with van der Waals surface area (Å²) in [5, 5.41) is 6.48. The van der Waals surface area contributed by atoms with Gasteiger partial charge in [-0.2, -0.15) is 4.37 Å². The van der Waals surface area contributed by atoms with Gasteiger partial charge in [-0.25, -0.2) is 4.98 Å². The van der Waals surface area contributed by atoms with Crippen LogP contribution in [0.5, 0.6) is 0 Å². The van der Waals surface area contributed by atoms with Crippen LogP contribution < -0.4 is 10.6 Å². The van der Waals surface area contributed by atoms with Crippen LogP contribution in [0, 0.1) is 0 Å². The molecule has 1 aromatic rings. The van der Waals surface area contributed by atoms with Crippen LogP contribution >= 0.6 is 11.5 Å². The fraction of sp³-hybridized carbons (Fsp3) is 0.700. The number of nitrogens with zero attached hydrogens (tertiary/aromatic N) is 2. The summed E-state index contributed by atoms with van der Waals surface area (Å²) in [6.07, 6.45) is 0. The van der Waals surface area contributed by atoms with Crippen LogP contribution in [0.3, 0.4) is 0 Å². The van der Waals surface area contributed by atoms with Crippen molar-refractivity contribution in [2.24, 2.45) is 0 Å². The predicted octanol–water partition coefficient (Wildman–Crippen LogP) is 1.60. The first-order chi connectivity index (χ1) is 7.54. The Balaban J connectivity index is 2.55. The second-order valence-electron chi connectivity index (χ2n) is 3.87. The van der Waals surface area contributed by atoms with Crippen molar-refractivity contribution >= 4 is 22.6 Å². The van der Waals surface area contributed by atoms with E-state index < -0.39 is 0 Å². The summed E-state index contributed by atoms with van der Waals surface area (Å²) < 4.78 is 4.21. The standard InChI is InChI=1S/C10H18N4OS/c1-5-11-9(15)7(4)12-10-13-8(6(2)3)14-16-10/h6-7H,5H2,1-4H3,(H,11,15)(H,12,13,14). The predicted molar refractivity (Wildman–Crippen MR) is 65.8 cm³/mol. The van der Waals surface area contributed by atoms with E-state index in [1.165, 1.54) is 11.5 Å². The van der Waals surface area contributed by atoms with Gasteiger partial charge in [-0.15, -0.1) is 0 Å². The molecule has 1 aromatic heterocycles. The molecule has 0 spiro atoms. The molecule has 0 aromatic carbocycles. The Hall–Kier alpha value is -1.17. The van der Waals surface area contributed by atoms with E-state index in [9.17, 15) is 4.79 Å². The molecule has 0 aliphatic carbocycles. The molecule has 1 atom stereocenters. The zero-order valence-electron chi connectivity index (χ0n) is 10.1. The first-order valence-electron chi connectivity index (χ1n) is 5.42. The topological polar surface area (TPSA) is 66.9 Å². The highest BCUT2D eigenvalue weighted by molar-refractivity contribution is 7.09. The molecule has 0 bridgehead atoms. The van der Waals surface area contributed by atoms with Crippen LogP contribution in [0.1, 0.15) is 39.4 Å². The molecule has 1 unspecified atom stereocenters. The Kier molecular flexibility index (Phi) is 4.67. The largest absolute Gasteiger partial charge is 0.355 e. The molecule has 6 heteroatoms. The molecule has 1 heterocycles. The quantitative estimate of drug-likeness (QED) is 0.823. The van der Waals surface area contributed by atoms with Gasteiger partial charge in [0.1, 0.15) is 11.9 Å². The monoisotopic (exact) mass is 242 g/mol. The number of hydrogen-bond acceptors (Lipinski definition) is 5. The number of carbonyl (C=O) groups excluding carboxylic acids is 1. The Morgan fingerprint density at radius 2 is 2.12 bits per heavy atom. The van der Waals surface area contributed by atoms with Crippen molar-refractivity contribution in [3.63, 3.8) is 0 Å². The van der Waals surface area contributed by atoms with Crippen LogP contribution in [0.4, 0.5) is 5.13 Å². The normalized spacial score (nSPS) is 12.6. The first kappa shape index (κ1) is 12.9. The lowest BCUT2D eigenvalue weighted by molar-refractivity contribution is -0.121. The van der Waals surface area contributed by atoms with Gasteiger partial charge in [0, 0.05) is 24.0 Å². The van der Waals surface area contributed by atoms with E-state index in [4.69, 9.17) is 0 Å². The summed E-state index contributed by atoms with van der Waals surface area (Å²) in [6.45, 7) is 8.42. The third-order valence-corrected chi connectivity index (χ3v) is 2.70. The number of likely N-dealkylation sites (N-methyl/N-ethyl adjacent to an activating group) is 1. The number of aromatic nitrogens is 2. The van der Waals surface area contributed by atoms with Gasteiger partial charge in [0.15, 0.2) is 0 Å². The lowest BCUT2D eigenvalue weighted by Gasteiger charge is -2.11. The summed E-state index contributed by atoms with van der Waals surface area (Å²) in [6, 6.07) is -0.284. The van der Waals surface area contributed by atoms with Crippen molar-refractivity contribution < 1.29 is 4.79 Å². The maximum Gasteiger partial charge on any atom is 0.242 e. The molecule has 0 fully saturated rings. The average Bonchev–Trinajstić information content (AvgIpc) is 2.66. The molecule has 2 N–H and O–H groups in total. The van der Waals surface area contributed by atoms with E-state index >= 15 is 0 Å². The molecular formula is C10H18N4OS. The minimum absolute atomic E-state index is 0.0243. The second-order valence-corrected chi connectivity index (χ2v) is 4.62. The number of rotatable bonds is 5. The third kappa shape index (κ3) is 3.44. The lowest BCUT2D eigenvalue weighted by Crippen LogP contribution is -2.37. The summed E-state index contributed by atoms with van der Waals surface area (Å²) in [5.41, 5.74) is 0. The molecule has 0 aliphatic rings. The molecule has 0 saturated heterocycles. The molecule has 1 amide bonds. The van der Waals surface area contributed by atoms with Crippen molar-refractivity contribution in [3.8, 4) is 0 Å². The van der Waals surface area contributed by atoms with Crippen LogP contribution in [-0.4, -0.2) is 27.9 Å². The van der Waals surface area contributed by atoms with Crippen molar-refractivity contribution in [2.75, 3.05) is 11.9 Å². The zero-order chi connectivity index (χ0) is 12.1. The minimum atomic E-state index is -0.284. The minimum Gasteiger partial charge on any atom is -0.355 e. The third-order valence-electron chi connectivity index (χ3n) is 2.04. The Morgan fingerprint density at radius 1 is 1.44 bits per heavy atom. The zero-order valence-corrected chi connectivity index (χ0v) is 10.9. The second kappa shape index (κ2) is 5.79. The van der Waals surface area contributed by atoms with Gasteiger partial charge in [-0.1, -0.05) is 13.8 Å². The first-order valence-corrected chi connectivity index (χ1v) is 6.19. The number of anilines is 1. The van der Waals surface area contributed by atoms with Crippen LogP contribution in [0.25, 0.3) is 0 Å². The van der Waals surface area contributed by atoms with E-state index in [0.29, 0.717) is 17.6 Å². The molecule has 5 nitrogen and oxygen atoms in total. The summed E-state index contributed by atoms with van der Waals surface area (Å²) in [4.78, 5) is 15.8. The Labute approximate surface area is 99.8 Å². The molecule has 0 radical (unpaired) electrons. The van der Waals surface area contributed by atoms with Crippen LogP contribution in [0.15, 0.2) is 0 Å². The van der Waals surface area contributed by atoms with Crippen LogP contribution in [0.2, 0.25) is 0 Å². The van der Waals surface area contributed by atoms with Crippen LogP contribution in [-0.2, 0) is 4.79 Å². The number of nitrogens with one attached hydrogen (secondary N) is 2. The Morgan fingerprint density at radius 3 is 2.62 bits per heavy atom. The van der Waals surface area contributed by atoms with Crippen molar-refractivity contribution in [1.82, 2.24) is 14.7 Å². The van der Waals surface area contributed by atoms with Gasteiger partial charge in [0.25, 0.3) is 0 Å². The van der Waals surface area contributed by atoms with Crippen molar-refractivity contribution in [3.05, 3.63) is 5.82 Å². The summed E-state index contributed by atoms with van der Waals surface area (Å²) in [7, 11) is 0. The molecule has 0 aliphatic heterocycles. The van der Waals surface area contributed by atoms with E-state index in [1.54, 1.807) is 6.92 Å². The number of amides is 1. The highest BCUT2D eigenvalue weighted by Gasteiger charge is 2.14. The van der Waals surface area contributed by atoms with Crippen molar-refractivity contribution in [1.29, 1.82) is 0 Å². The van der Waals surface area contributed by atoms with E-state index in [-0.39, 0.29) is 11.9 Å². The number of carbonyl (C=O) groups is 1. The molecule has 1 rings (SSSR count). The molecular weight excluding hydrogens is 224 g/mol. The van der Waals surface area contributed by atoms with Crippen molar-refractivity contribution in [2.45, 2.75) is 39.7 Å². The van der Waals surface area contributed by atoms with E-state index in [0.717, 1.165) is 5.82 Å². The molecule has 90 valence electrons. The maximum absolute atomic E-state index is 11.5. The lowest BCUT2D eigenvalue weighted by atomic mass is 10.2. The van der Waals surface area contributed by atoms with Gasteiger partial charge in [-0.05, 0) is 13.8 Å². The van der Waals surface area contributed by atoms with Gasteiger partial charge < -0.3 is 10.6 Å². The highest BCUT2D eigenvalue weighted by atomic mass is 32.1. The fourth-order valence-electron chi connectivity index (χ4n) is 1.11. The SMILES string of the molecule is CCNC(=O)C(C)Nc1nc(C(C)C)ns1. The van der Waals surface area contributed by atoms with Gasteiger partial charge in [-0.3, -0.25) is 4.79 Å². The van der Waals surface area contributed by atoms with Gasteiger partial charge >= 0.3 is 0 Å². The fourth-order valence-corrected chi connectivity index (χ4v) is 1.90. The molecule has 0 saturated carbocycles. The van der Waals surface area contributed by atoms with E-state index in [1.807, 2.05) is 20.8 Å². The smallest absolute Gasteiger partial charge is 0.242 e. The molecule has 16 heavy (non-hydrogen) atoms. The Bertz CT molecular complexity index is 350. The summed E-state index contributed by atoms with van der Waals surface area (Å²) in [5.74, 6) is 1.10. The highest BCUT2D eigenvalue weighted by Crippen LogP contribution is 2.17. The average molecular weight is 242 g/mol. The summed E-state index contributed by atoms with van der Waals surface area (Å²) >= 11 is 1.29. The van der Waals surface area contributed by atoms with Gasteiger partial charge in [0.05, 0.1) is 0 Å². The number of hydrogen-bond donors (Lipinski definition) is 2.